The van der Waals surface area contributed by atoms with Gasteiger partial charge in [0.05, 0.1) is 12.0 Å². The SMILES string of the molecule is COc1ccc(C(=O)c2cc(C=O)cn2S(=O)(=O)c2ccccc2)cc1. The Morgan fingerprint density at radius 1 is 1.04 bits per heavy atom. The topological polar surface area (TPSA) is 82.4 Å². The average Bonchev–Trinajstić information content (AvgIpc) is 3.13. The fraction of sp³-hybridized carbons (Fsp3) is 0.0526. The van der Waals surface area contributed by atoms with E-state index in [4.69, 9.17) is 4.74 Å². The van der Waals surface area contributed by atoms with E-state index < -0.39 is 15.8 Å². The molecule has 0 radical (unpaired) electrons. The van der Waals surface area contributed by atoms with Crippen molar-refractivity contribution in [1.29, 1.82) is 0 Å². The van der Waals surface area contributed by atoms with Crippen LogP contribution in [-0.4, -0.2) is 31.6 Å². The van der Waals surface area contributed by atoms with Crippen molar-refractivity contribution in [2.45, 2.75) is 4.90 Å². The molecule has 0 spiro atoms. The van der Waals surface area contributed by atoms with E-state index in [2.05, 4.69) is 0 Å². The number of hydrogen-bond donors (Lipinski definition) is 0. The number of carbonyl (C=O) groups is 2. The molecule has 6 nitrogen and oxygen atoms in total. The van der Waals surface area contributed by atoms with E-state index in [-0.39, 0.29) is 21.7 Å². The van der Waals surface area contributed by atoms with Gasteiger partial charge in [0, 0.05) is 17.3 Å². The molecule has 7 heteroatoms. The molecule has 3 rings (SSSR count). The Balaban J connectivity index is 2.12. The lowest BCUT2D eigenvalue weighted by Crippen LogP contribution is -2.18. The minimum Gasteiger partial charge on any atom is -0.497 e. The molecule has 0 atom stereocenters. The van der Waals surface area contributed by atoms with Crippen LogP contribution < -0.4 is 4.74 Å². The number of carbonyl (C=O) groups excluding carboxylic acids is 2. The van der Waals surface area contributed by atoms with Crippen LogP contribution in [0.15, 0.2) is 71.8 Å². The lowest BCUT2D eigenvalue weighted by Gasteiger charge is -2.10. The van der Waals surface area contributed by atoms with Crippen molar-refractivity contribution >= 4 is 22.1 Å². The number of ketones is 1. The summed E-state index contributed by atoms with van der Waals surface area (Å²) >= 11 is 0. The second kappa shape index (κ2) is 6.97. The van der Waals surface area contributed by atoms with Gasteiger partial charge in [0.1, 0.15) is 11.4 Å². The van der Waals surface area contributed by atoms with E-state index in [0.717, 1.165) is 10.2 Å². The van der Waals surface area contributed by atoms with Gasteiger partial charge in [-0.25, -0.2) is 12.4 Å². The van der Waals surface area contributed by atoms with Crippen molar-refractivity contribution in [2.24, 2.45) is 0 Å². The molecule has 0 aliphatic carbocycles. The number of benzene rings is 2. The molecule has 0 unspecified atom stereocenters. The van der Waals surface area contributed by atoms with Gasteiger partial charge in [-0.15, -0.1) is 0 Å². The molecule has 0 saturated heterocycles. The maximum atomic E-state index is 12.9. The van der Waals surface area contributed by atoms with Crippen molar-refractivity contribution in [1.82, 2.24) is 3.97 Å². The summed E-state index contributed by atoms with van der Waals surface area (Å²) in [4.78, 5) is 24.0. The summed E-state index contributed by atoms with van der Waals surface area (Å²) in [5.41, 5.74) is 0.272. The van der Waals surface area contributed by atoms with Crippen LogP contribution in [0.4, 0.5) is 0 Å². The summed E-state index contributed by atoms with van der Waals surface area (Å²) in [7, 11) is -2.51. The van der Waals surface area contributed by atoms with Gasteiger partial charge in [-0.2, -0.15) is 0 Å². The number of aromatic nitrogens is 1. The second-order valence-electron chi connectivity index (χ2n) is 5.45. The van der Waals surface area contributed by atoms with E-state index >= 15 is 0 Å². The first-order valence-corrected chi connectivity index (χ1v) is 9.08. The first kappa shape index (κ1) is 17.6. The summed E-state index contributed by atoms with van der Waals surface area (Å²) in [5, 5.41) is 0. The van der Waals surface area contributed by atoms with Gasteiger partial charge in [0.25, 0.3) is 10.0 Å². The molecular formula is C19H15NO5S. The van der Waals surface area contributed by atoms with Crippen molar-refractivity contribution in [3.05, 3.63) is 83.7 Å². The highest BCUT2D eigenvalue weighted by Crippen LogP contribution is 2.21. The zero-order valence-corrected chi connectivity index (χ0v) is 14.6. The third-order valence-electron chi connectivity index (χ3n) is 3.83. The number of ether oxygens (including phenoxy) is 1. The van der Waals surface area contributed by atoms with Crippen molar-refractivity contribution in [3.63, 3.8) is 0 Å². The molecule has 26 heavy (non-hydrogen) atoms. The van der Waals surface area contributed by atoms with E-state index in [1.54, 1.807) is 30.3 Å². The van der Waals surface area contributed by atoms with Gasteiger partial charge in [-0.05, 0) is 42.5 Å². The highest BCUT2D eigenvalue weighted by atomic mass is 32.2. The fourth-order valence-corrected chi connectivity index (χ4v) is 3.87. The molecule has 0 saturated carbocycles. The average molecular weight is 369 g/mol. The van der Waals surface area contributed by atoms with Gasteiger partial charge in [-0.3, -0.25) is 9.59 Å². The van der Waals surface area contributed by atoms with E-state index in [1.807, 2.05) is 0 Å². The quantitative estimate of drug-likeness (QED) is 0.493. The van der Waals surface area contributed by atoms with Gasteiger partial charge >= 0.3 is 0 Å². The van der Waals surface area contributed by atoms with Crippen LogP contribution in [-0.2, 0) is 10.0 Å². The van der Waals surface area contributed by atoms with Gasteiger partial charge in [0.15, 0.2) is 6.29 Å². The molecule has 0 aliphatic rings. The van der Waals surface area contributed by atoms with Gasteiger partial charge in [-0.1, -0.05) is 18.2 Å². The van der Waals surface area contributed by atoms with Gasteiger partial charge < -0.3 is 4.74 Å². The molecule has 0 amide bonds. The van der Waals surface area contributed by atoms with E-state index in [9.17, 15) is 18.0 Å². The normalized spacial score (nSPS) is 11.1. The Bertz CT molecular complexity index is 1050. The van der Waals surface area contributed by atoms with Crippen LogP contribution in [0.3, 0.4) is 0 Å². The van der Waals surface area contributed by atoms with E-state index in [0.29, 0.717) is 12.0 Å². The van der Waals surface area contributed by atoms with Crippen LogP contribution in [0.25, 0.3) is 0 Å². The summed E-state index contributed by atoms with van der Waals surface area (Å²) in [6.07, 6.45) is 1.65. The van der Waals surface area contributed by atoms with Crippen LogP contribution >= 0.6 is 0 Å². The fourth-order valence-electron chi connectivity index (χ4n) is 2.49. The highest BCUT2D eigenvalue weighted by Gasteiger charge is 2.25. The maximum Gasteiger partial charge on any atom is 0.268 e. The first-order chi connectivity index (χ1) is 12.5. The predicted octanol–water partition coefficient (Wildman–Crippen LogP) is 2.78. The molecule has 1 heterocycles. The zero-order chi connectivity index (χ0) is 18.7. The highest BCUT2D eigenvalue weighted by molar-refractivity contribution is 7.90. The second-order valence-corrected chi connectivity index (χ2v) is 7.26. The summed E-state index contributed by atoms with van der Waals surface area (Å²) < 4.78 is 31.7. The Hall–Kier alpha value is -3.19. The largest absolute Gasteiger partial charge is 0.497 e. The number of nitrogens with zero attached hydrogens (tertiary/aromatic N) is 1. The van der Waals surface area contributed by atoms with Gasteiger partial charge in [0.2, 0.25) is 5.78 Å². The Kier molecular flexibility index (Phi) is 4.73. The number of hydrogen-bond acceptors (Lipinski definition) is 5. The smallest absolute Gasteiger partial charge is 0.268 e. The van der Waals surface area contributed by atoms with Crippen molar-refractivity contribution in [2.75, 3.05) is 7.11 Å². The minimum absolute atomic E-state index is 0.0248. The molecule has 1 aromatic heterocycles. The molecular weight excluding hydrogens is 354 g/mol. The number of rotatable bonds is 6. The summed E-state index contributed by atoms with van der Waals surface area (Å²) in [6.45, 7) is 0. The van der Waals surface area contributed by atoms with Crippen LogP contribution in [0.1, 0.15) is 26.4 Å². The number of aldehydes is 1. The lowest BCUT2D eigenvalue weighted by molar-refractivity contribution is 0.103. The molecule has 0 N–H and O–H groups in total. The molecule has 0 aliphatic heterocycles. The van der Waals surface area contributed by atoms with Crippen molar-refractivity contribution < 1.29 is 22.7 Å². The summed E-state index contributed by atoms with van der Waals surface area (Å²) in [6, 6.07) is 15.3. The zero-order valence-electron chi connectivity index (χ0n) is 13.8. The lowest BCUT2D eigenvalue weighted by atomic mass is 10.1. The van der Waals surface area contributed by atoms with Crippen LogP contribution in [0.2, 0.25) is 0 Å². The minimum atomic E-state index is -4.01. The molecule has 0 bridgehead atoms. The summed E-state index contributed by atoms with van der Waals surface area (Å²) in [5.74, 6) is 0.0580. The third kappa shape index (κ3) is 3.16. The van der Waals surface area contributed by atoms with Crippen LogP contribution in [0, 0.1) is 0 Å². The Morgan fingerprint density at radius 2 is 1.69 bits per heavy atom. The van der Waals surface area contributed by atoms with E-state index in [1.165, 1.54) is 37.4 Å². The molecule has 2 aromatic carbocycles. The van der Waals surface area contributed by atoms with Crippen LogP contribution in [0.5, 0.6) is 5.75 Å². The Morgan fingerprint density at radius 3 is 2.27 bits per heavy atom. The standard InChI is InChI=1S/C19H15NO5S/c1-25-16-9-7-15(8-10-16)19(22)18-11-14(13-21)12-20(18)26(23,24)17-5-3-2-4-6-17/h2-13H,1H3. The maximum absolute atomic E-state index is 12.9. The molecule has 132 valence electrons. The molecule has 3 aromatic rings. The molecule has 0 fully saturated rings. The third-order valence-corrected chi connectivity index (χ3v) is 5.52. The first-order valence-electron chi connectivity index (χ1n) is 7.64. The monoisotopic (exact) mass is 369 g/mol. The van der Waals surface area contributed by atoms with Crippen molar-refractivity contribution in [3.8, 4) is 5.75 Å². The Labute approximate surface area is 150 Å². The number of methoxy groups -OCH3 is 1. The predicted molar refractivity (Wildman–Crippen MR) is 95.3 cm³/mol.